The number of amides is 1. The van der Waals surface area contributed by atoms with E-state index in [2.05, 4.69) is 38.6 Å². The summed E-state index contributed by atoms with van der Waals surface area (Å²) in [6.45, 7) is 5.85. The molecule has 2 aromatic heterocycles. The second-order valence-electron chi connectivity index (χ2n) is 7.66. The summed E-state index contributed by atoms with van der Waals surface area (Å²) in [7, 11) is 1.61. The molecule has 1 amide bonds. The van der Waals surface area contributed by atoms with Crippen molar-refractivity contribution in [3.8, 4) is 5.75 Å². The number of nitrogens with one attached hydrogen (secondary N) is 2. The van der Waals surface area contributed by atoms with Gasteiger partial charge in [-0.2, -0.15) is 10.2 Å². The van der Waals surface area contributed by atoms with Crippen LogP contribution in [0.2, 0.25) is 0 Å². The maximum atomic E-state index is 12.7. The third-order valence-electron chi connectivity index (χ3n) is 5.60. The number of aromatic amines is 1. The number of anilines is 1. The van der Waals surface area contributed by atoms with Crippen LogP contribution in [0, 0.1) is 0 Å². The third kappa shape index (κ3) is 4.54. The zero-order valence-corrected chi connectivity index (χ0v) is 17.5. The molecule has 0 unspecified atom stereocenters. The van der Waals surface area contributed by atoms with E-state index in [-0.39, 0.29) is 5.91 Å². The Balaban J connectivity index is 1.41. The number of nitrogens with zero attached hydrogens (tertiary/aromatic N) is 4. The molecule has 1 aromatic carbocycles. The van der Waals surface area contributed by atoms with Gasteiger partial charge in [-0.25, -0.2) is 0 Å². The highest BCUT2D eigenvalue weighted by Crippen LogP contribution is 2.31. The molecule has 1 atom stereocenters. The van der Waals surface area contributed by atoms with Crippen LogP contribution < -0.4 is 10.1 Å². The van der Waals surface area contributed by atoms with Gasteiger partial charge >= 0.3 is 0 Å². The number of hydrogen-bond donors (Lipinski definition) is 2. The quantitative estimate of drug-likeness (QED) is 0.626. The molecule has 1 fully saturated rings. The van der Waals surface area contributed by atoms with E-state index in [1.807, 2.05) is 10.9 Å². The molecule has 3 aromatic rings. The lowest BCUT2D eigenvalue weighted by atomic mass is 9.93. The normalized spacial score (nSPS) is 17.1. The molecule has 0 spiro atoms. The molecule has 4 rings (SSSR count). The third-order valence-corrected chi connectivity index (χ3v) is 5.60. The van der Waals surface area contributed by atoms with E-state index in [1.54, 1.807) is 37.6 Å². The Morgan fingerprint density at radius 1 is 1.30 bits per heavy atom. The molecular formula is C22H28N6O2. The fourth-order valence-electron chi connectivity index (χ4n) is 4.00. The van der Waals surface area contributed by atoms with Gasteiger partial charge in [-0.05, 0) is 50.6 Å². The Labute approximate surface area is 176 Å². The summed E-state index contributed by atoms with van der Waals surface area (Å²) >= 11 is 0. The largest absolute Gasteiger partial charge is 0.497 e. The van der Waals surface area contributed by atoms with Crippen molar-refractivity contribution in [1.29, 1.82) is 0 Å². The maximum absolute atomic E-state index is 12.7. The standard InChI is InChI=1S/C22H28N6O2/c1-3-28-14-16(11-24-28)13-27-10-4-5-18(15-27)21-20(12-23-26-21)25-22(29)17-6-8-19(30-2)9-7-17/h6-9,11-12,14,18H,3-5,10,13,15H2,1-2H3,(H,23,26)(H,25,29)/t18-/m1/s1. The van der Waals surface area contributed by atoms with Gasteiger partial charge in [0.2, 0.25) is 0 Å². The van der Waals surface area contributed by atoms with Crippen molar-refractivity contribution < 1.29 is 9.53 Å². The second-order valence-corrected chi connectivity index (χ2v) is 7.66. The predicted octanol–water partition coefficient (Wildman–Crippen LogP) is 3.27. The minimum Gasteiger partial charge on any atom is -0.497 e. The summed E-state index contributed by atoms with van der Waals surface area (Å²) in [6, 6.07) is 7.08. The molecule has 0 radical (unpaired) electrons. The van der Waals surface area contributed by atoms with E-state index < -0.39 is 0 Å². The van der Waals surface area contributed by atoms with Gasteiger partial charge in [0, 0.05) is 42.9 Å². The van der Waals surface area contributed by atoms with Crippen molar-refractivity contribution >= 4 is 11.6 Å². The van der Waals surface area contributed by atoms with Crippen LogP contribution in [0.5, 0.6) is 5.75 Å². The number of rotatable bonds is 7. The van der Waals surface area contributed by atoms with E-state index in [4.69, 9.17) is 4.74 Å². The van der Waals surface area contributed by atoms with Crippen LogP contribution in [0.15, 0.2) is 42.9 Å². The summed E-state index contributed by atoms with van der Waals surface area (Å²) in [5, 5.41) is 14.7. The van der Waals surface area contributed by atoms with Crippen LogP contribution in [-0.4, -0.2) is 51.0 Å². The first-order valence-electron chi connectivity index (χ1n) is 10.4. The first-order chi connectivity index (χ1) is 14.7. The van der Waals surface area contributed by atoms with Crippen LogP contribution in [-0.2, 0) is 13.1 Å². The SMILES string of the molecule is CCn1cc(CN2CCC[C@@H](c3[nH]ncc3NC(=O)c3ccc(OC)cc3)C2)cn1. The van der Waals surface area contributed by atoms with Gasteiger partial charge in [0.05, 0.1) is 30.9 Å². The highest BCUT2D eigenvalue weighted by molar-refractivity contribution is 6.04. The molecule has 8 heteroatoms. The number of ether oxygens (including phenoxy) is 1. The average molecular weight is 409 g/mol. The van der Waals surface area contributed by atoms with Crippen LogP contribution in [0.25, 0.3) is 0 Å². The van der Waals surface area contributed by atoms with E-state index >= 15 is 0 Å². The fraction of sp³-hybridized carbons (Fsp3) is 0.409. The van der Waals surface area contributed by atoms with Crippen molar-refractivity contribution in [2.75, 3.05) is 25.5 Å². The lowest BCUT2D eigenvalue weighted by Crippen LogP contribution is -2.34. The predicted molar refractivity (Wildman–Crippen MR) is 115 cm³/mol. The van der Waals surface area contributed by atoms with Gasteiger partial charge in [0.15, 0.2) is 0 Å². The van der Waals surface area contributed by atoms with Crippen LogP contribution in [0.3, 0.4) is 0 Å². The average Bonchev–Trinajstić information content (AvgIpc) is 3.43. The van der Waals surface area contributed by atoms with E-state index in [1.165, 1.54) is 5.56 Å². The fourth-order valence-corrected chi connectivity index (χ4v) is 4.00. The lowest BCUT2D eigenvalue weighted by Gasteiger charge is -2.32. The Hall–Kier alpha value is -3.13. The highest BCUT2D eigenvalue weighted by atomic mass is 16.5. The van der Waals surface area contributed by atoms with E-state index in [0.29, 0.717) is 11.5 Å². The van der Waals surface area contributed by atoms with Gasteiger partial charge in [-0.3, -0.25) is 19.5 Å². The van der Waals surface area contributed by atoms with Crippen molar-refractivity contribution in [1.82, 2.24) is 24.9 Å². The van der Waals surface area contributed by atoms with Gasteiger partial charge in [0.25, 0.3) is 5.91 Å². The molecule has 1 aliphatic rings. The summed E-state index contributed by atoms with van der Waals surface area (Å²) in [4.78, 5) is 15.1. The summed E-state index contributed by atoms with van der Waals surface area (Å²) in [6.07, 6.45) is 7.93. The molecule has 1 saturated heterocycles. The number of H-pyrrole nitrogens is 1. The first-order valence-corrected chi connectivity index (χ1v) is 10.4. The molecule has 0 aliphatic carbocycles. The number of methoxy groups -OCH3 is 1. The van der Waals surface area contributed by atoms with E-state index in [0.717, 1.165) is 56.2 Å². The minimum absolute atomic E-state index is 0.153. The molecular weight excluding hydrogens is 380 g/mol. The molecule has 0 saturated carbocycles. The zero-order chi connectivity index (χ0) is 20.9. The molecule has 3 heterocycles. The molecule has 0 bridgehead atoms. The lowest BCUT2D eigenvalue weighted by molar-refractivity contribution is 0.102. The molecule has 8 nitrogen and oxygen atoms in total. The van der Waals surface area contributed by atoms with Crippen molar-refractivity contribution in [2.24, 2.45) is 0 Å². The number of likely N-dealkylation sites (tertiary alicyclic amines) is 1. The van der Waals surface area contributed by atoms with Crippen LogP contribution >= 0.6 is 0 Å². The molecule has 158 valence electrons. The zero-order valence-electron chi connectivity index (χ0n) is 17.5. The van der Waals surface area contributed by atoms with Crippen molar-refractivity contribution in [3.05, 3.63) is 59.7 Å². The summed E-state index contributed by atoms with van der Waals surface area (Å²) in [5.41, 5.74) is 3.56. The van der Waals surface area contributed by atoms with Gasteiger partial charge in [-0.15, -0.1) is 0 Å². The second kappa shape index (κ2) is 9.13. The number of aromatic nitrogens is 4. The van der Waals surface area contributed by atoms with Gasteiger partial charge in [0.1, 0.15) is 5.75 Å². The Bertz CT molecular complexity index is 978. The van der Waals surface area contributed by atoms with Gasteiger partial charge in [-0.1, -0.05) is 0 Å². The molecule has 2 N–H and O–H groups in total. The first kappa shape index (κ1) is 20.2. The van der Waals surface area contributed by atoms with Crippen LogP contribution in [0.4, 0.5) is 5.69 Å². The topological polar surface area (TPSA) is 88.1 Å². The molecule has 1 aliphatic heterocycles. The van der Waals surface area contributed by atoms with Crippen LogP contribution in [0.1, 0.15) is 47.3 Å². The maximum Gasteiger partial charge on any atom is 0.255 e. The number of carbonyl (C=O) groups is 1. The number of carbonyl (C=O) groups excluding carboxylic acids is 1. The Morgan fingerprint density at radius 2 is 2.13 bits per heavy atom. The smallest absolute Gasteiger partial charge is 0.255 e. The minimum atomic E-state index is -0.153. The Kier molecular flexibility index (Phi) is 6.13. The summed E-state index contributed by atoms with van der Waals surface area (Å²) < 4.78 is 7.11. The summed E-state index contributed by atoms with van der Waals surface area (Å²) in [5.74, 6) is 0.871. The monoisotopic (exact) mass is 408 g/mol. The number of aryl methyl sites for hydroxylation is 1. The van der Waals surface area contributed by atoms with Gasteiger partial charge < -0.3 is 10.1 Å². The van der Waals surface area contributed by atoms with Crippen molar-refractivity contribution in [3.63, 3.8) is 0 Å². The van der Waals surface area contributed by atoms with Crippen molar-refractivity contribution in [2.45, 2.75) is 38.8 Å². The van der Waals surface area contributed by atoms with E-state index in [9.17, 15) is 4.79 Å². The highest BCUT2D eigenvalue weighted by Gasteiger charge is 2.25. The number of piperidine rings is 1. The Morgan fingerprint density at radius 3 is 2.87 bits per heavy atom. The number of hydrogen-bond acceptors (Lipinski definition) is 5. The number of benzene rings is 1. The molecule has 30 heavy (non-hydrogen) atoms.